The van der Waals surface area contributed by atoms with Gasteiger partial charge in [0.2, 0.25) is 5.91 Å². The van der Waals surface area contributed by atoms with Crippen LogP contribution in [0.1, 0.15) is 43.4 Å². The number of carbonyl (C=O) groups excluding carboxylic acids is 1. The first-order valence-corrected chi connectivity index (χ1v) is 9.26. The van der Waals surface area contributed by atoms with Gasteiger partial charge in [0.1, 0.15) is 0 Å². The van der Waals surface area contributed by atoms with Crippen molar-refractivity contribution in [2.45, 2.75) is 33.6 Å². The summed E-state index contributed by atoms with van der Waals surface area (Å²) >= 11 is 5.97. The van der Waals surface area contributed by atoms with E-state index < -0.39 is 0 Å². The molecule has 0 aromatic heterocycles. The van der Waals surface area contributed by atoms with Gasteiger partial charge in [-0.3, -0.25) is 4.79 Å². The molecule has 26 heavy (non-hydrogen) atoms. The molecule has 1 saturated heterocycles. The molecule has 3 rings (SSSR count). The Morgan fingerprint density at radius 3 is 2.50 bits per heavy atom. The molecule has 0 atom stereocenters. The van der Waals surface area contributed by atoms with E-state index in [-0.39, 0.29) is 5.91 Å². The lowest BCUT2D eigenvalue weighted by molar-refractivity contribution is -0.118. The van der Waals surface area contributed by atoms with Gasteiger partial charge in [0.25, 0.3) is 0 Å². The third-order valence-electron chi connectivity index (χ3n) is 4.26. The number of benzene rings is 2. The van der Waals surface area contributed by atoms with Gasteiger partial charge in [-0.25, -0.2) is 0 Å². The summed E-state index contributed by atoms with van der Waals surface area (Å²) in [6.45, 7) is 6.74. The van der Waals surface area contributed by atoms with Crippen molar-refractivity contribution in [3.63, 3.8) is 0 Å². The van der Waals surface area contributed by atoms with Crippen LogP contribution in [0.5, 0.6) is 0 Å². The second-order valence-electron chi connectivity index (χ2n) is 5.89. The van der Waals surface area contributed by atoms with Crippen molar-refractivity contribution in [2.24, 2.45) is 0 Å². The first kappa shape index (κ1) is 19.8. The van der Waals surface area contributed by atoms with E-state index >= 15 is 0 Å². The highest BCUT2D eigenvalue weighted by Crippen LogP contribution is 2.30. The van der Waals surface area contributed by atoms with Gasteiger partial charge in [0, 0.05) is 17.1 Å². The molecule has 0 bridgehead atoms. The zero-order valence-electron chi connectivity index (χ0n) is 15.4. The maximum Gasteiger partial charge on any atom is 0.247 e. The Kier molecular flexibility index (Phi) is 7.00. The molecular formula is C22H23ClN2O. The van der Waals surface area contributed by atoms with Crippen molar-refractivity contribution in [3.05, 3.63) is 63.7 Å². The fraction of sp³-hybridized carbons (Fsp3) is 0.273. The number of nitrogens with zero attached hydrogens (tertiary/aromatic N) is 1. The number of rotatable bonds is 2. The van der Waals surface area contributed by atoms with Crippen LogP contribution in [0.25, 0.3) is 17.2 Å². The predicted octanol–water partition coefficient (Wildman–Crippen LogP) is 5.51. The fourth-order valence-corrected chi connectivity index (χ4v) is 3.04. The Balaban J connectivity index is 0.00000117. The zero-order valence-corrected chi connectivity index (χ0v) is 16.2. The molecule has 0 radical (unpaired) electrons. The van der Waals surface area contributed by atoms with Gasteiger partial charge in [-0.05, 0) is 72.4 Å². The molecule has 1 fully saturated rings. The van der Waals surface area contributed by atoms with Crippen LogP contribution in [0, 0.1) is 18.3 Å². The molecule has 2 aromatic rings. The van der Waals surface area contributed by atoms with Crippen molar-refractivity contribution in [2.75, 3.05) is 6.54 Å². The van der Waals surface area contributed by atoms with E-state index in [1.807, 2.05) is 63.2 Å². The topological polar surface area (TPSA) is 52.9 Å². The van der Waals surface area contributed by atoms with Gasteiger partial charge in [-0.2, -0.15) is 5.26 Å². The van der Waals surface area contributed by atoms with Gasteiger partial charge in [0.15, 0.2) is 0 Å². The summed E-state index contributed by atoms with van der Waals surface area (Å²) in [7, 11) is 0. The Morgan fingerprint density at radius 2 is 1.88 bits per heavy atom. The number of hydrogen-bond donors (Lipinski definition) is 1. The third-order valence-corrected chi connectivity index (χ3v) is 4.51. The number of piperidine rings is 1. The molecule has 1 aliphatic heterocycles. The van der Waals surface area contributed by atoms with E-state index in [1.165, 1.54) is 0 Å². The van der Waals surface area contributed by atoms with Gasteiger partial charge < -0.3 is 5.32 Å². The van der Waals surface area contributed by atoms with Gasteiger partial charge in [-0.15, -0.1) is 0 Å². The highest BCUT2D eigenvalue weighted by Gasteiger charge is 2.15. The van der Waals surface area contributed by atoms with Crippen LogP contribution in [0.15, 0.2) is 42.0 Å². The Morgan fingerprint density at radius 1 is 1.19 bits per heavy atom. The van der Waals surface area contributed by atoms with Crippen molar-refractivity contribution in [1.29, 1.82) is 5.26 Å². The molecule has 4 heteroatoms. The van der Waals surface area contributed by atoms with Gasteiger partial charge >= 0.3 is 0 Å². The SMILES string of the molecule is CC.Cc1c(/C=C2\CCCNC2=O)cc(C#N)cc1-c1ccc(Cl)cc1. The normalized spacial score (nSPS) is 14.9. The number of carbonyl (C=O) groups is 1. The molecule has 1 N–H and O–H groups in total. The Bertz CT molecular complexity index is 861. The number of amides is 1. The summed E-state index contributed by atoms with van der Waals surface area (Å²) in [5.74, 6) is -0.0175. The second-order valence-corrected chi connectivity index (χ2v) is 6.32. The molecule has 3 nitrogen and oxygen atoms in total. The van der Waals surface area contributed by atoms with Crippen molar-refractivity contribution >= 4 is 23.6 Å². The highest BCUT2D eigenvalue weighted by molar-refractivity contribution is 6.30. The van der Waals surface area contributed by atoms with E-state index in [9.17, 15) is 10.1 Å². The quantitative estimate of drug-likeness (QED) is 0.713. The van der Waals surface area contributed by atoms with Crippen LogP contribution in [0.4, 0.5) is 0 Å². The molecule has 0 saturated carbocycles. The maximum absolute atomic E-state index is 12.0. The van der Waals surface area contributed by atoms with Crippen molar-refractivity contribution in [3.8, 4) is 17.2 Å². The number of halogens is 1. The van der Waals surface area contributed by atoms with E-state index in [0.717, 1.165) is 47.2 Å². The van der Waals surface area contributed by atoms with Crippen LogP contribution in [0.2, 0.25) is 5.02 Å². The molecule has 0 spiro atoms. The largest absolute Gasteiger partial charge is 0.352 e. The number of nitrogens with one attached hydrogen (secondary N) is 1. The summed E-state index contributed by atoms with van der Waals surface area (Å²) in [6, 6.07) is 13.5. The lowest BCUT2D eigenvalue weighted by Gasteiger charge is -2.16. The van der Waals surface area contributed by atoms with Gasteiger partial charge in [-0.1, -0.05) is 37.6 Å². The monoisotopic (exact) mass is 366 g/mol. The number of nitriles is 1. The molecule has 2 aromatic carbocycles. The minimum Gasteiger partial charge on any atom is -0.352 e. The first-order valence-electron chi connectivity index (χ1n) is 8.88. The molecular weight excluding hydrogens is 344 g/mol. The van der Waals surface area contributed by atoms with Gasteiger partial charge in [0.05, 0.1) is 11.6 Å². The molecule has 1 aliphatic rings. The smallest absolute Gasteiger partial charge is 0.247 e. The number of hydrogen-bond acceptors (Lipinski definition) is 2. The Hall–Kier alpha value is -2.57. The van der Waals surface area contributed by atoms with E-state index in [0.29, 0.717) is 10.6 Å². The molecule has 0 unspecified atom stereocenters. The minimum absolute atomic E-state index is 0.0175. The maximum atomic E-state index is 12.0. The molecule has 134 valence electrons. The predicted molar refractivity (Wildman–Crippen MR) is 108 cm³/mol. The van der Waals surface area contributed by atoms with Crippen LogP contribution in [-0.4, -0.2) is 12.5 Å². The summed E-state index contributed by atoms with van der Waals surface area (Å²) in [5.41, 5.74) is 5.28. The van der Waals surface area contributed by atoms with Crippen LogP contribution in [0.3, 0.4) is 0 Å². The zero-order chi connectivity index (χ0) is 19.1. The van der Waals surface area contributed by atoms with Crippen LogP contribution < -0.4 is 5.32 Å². The van der Waals surface area contributed by atoms with Crippen molar-refractivity contribution in [1.82, 2.24) is 5.32 Å². The lowest BCUT2D eigenvalue weighted by atomic mass is 9.92. The molecule has 1 amide bonds. The van der Waals surface area contributed by atoms with E-state index in [4.69, 9.17) is 11.6 Å². The van der Waals surface area contributed by atoms with Crippen LogP contribution in [-0.2, 0) is 4.79 Å². The standard InChI is InChI=1S/C20H17ClN2O.C2H6/c1-13-17(11-16-3-2-8-23-20(16)24)9-14(12-22)10-19(13)15-4-6-18(21)7-5-15;1-2/h4-7,9-11H,2-3,8H2,1H3,(H,23,24);1-2H3/b16-11+;. The summed E-state index contributed by atoms with van der Waals surface area (Å²) < 4.78 is 0. The summed E-state index contributed by atoms with van der Waals surface area (Å²) in [6.07, 6.45) is 3.61. The lowest BCUT2D eigenvalue weighted by Crippen LogP contribution is -2.30. The van der Waals surface area contributed by atoms with E-state index in [1.54, 1.807) is 0 Å². The summed E-state index contributed by atoms with van der Waals surface area (Å²) in [4.78, 5) is 12.0. The third kappa shape index (κ3) is 4.53. The van der Waals surface area contributed by atoms with Crippen molar-refractivity contribution < 1.29 is 4.79 Å². The second kappa shape index (κ2) is 9.22. The Labute approximate surface area is 160 Å². The first-order chi connectivity index (χ1) is 12.6. The fourth-order valence-electron chi connectivity index (χ4n) is 2.91. The minimum atomic E-state index is -0.0175. The molecule has 0 aliphatic carbocycles. The highest BCUT2D eigenvalue weighted by atomic mass is 35.5. The average Bonchev–Trinajstić information content (AvgIpc) is 2.67. The van der Waals surface area contributed by atoms with E-state index in [2.05, 4.69) is 11.4 Å². The van der Waals surface area contributed by atoms with Crippen LogP contribution >= 0.6 is 11.6 Å². The summed E-state index contributed by atoms with van der Waals surface area (Å²) in [5, 5.41) is 12.9. The molecule has 1 heterocycles. The average molecular weight is 367 g/mol.